The third-order valence-electron chi connectivity index (χ3n) is 4.89. The van der Waals surface area contributed by atoms with Gasteiger partial charge in [0.25, 0.3) is 0 Å². The molecule has 1 aliphatic rings. The Hall–Kier alpha value is -2.71. The molecule has 1 aliphatic heterocycles. The number of thiophene rings is 1. The zero-order valence-corrected chi connectivity index (χ0v) is 17.3. The number of hydrogen-bond donors (Lipinski definition) is 3. The number of likely N-dealkylation sites (tertiary alicyclic amines) is 1. The molecule has 1 aromatic heterocycles. The van der Waals surface area contributed by atoms with E-state index in [-0.39, 0.29) is 5.91 Å². The third-order valence-corrected chi connectivity index (χ3v) is 5.62. The SMILES string of the molecule is CC(=O)Nc1cccc(NC(=O)C(=O)NCC2CCN(Cc3ccsc3)CC2)c1. The fraction of sp³-hybridized carbons (Fsp3) is 0.381. The van der Waals surface area contributed by atoms with E-state index in [1.54, 1.807) is 35.6 Å². The molecule has 0 spiro atoms. The summed E-state index contributed by atoms with van der Waals surface area (Å²) in [6.45, 7) is 4.88. The molecule has 0 atom stereocenters. The molecule has 2 heterocycles. The van der Waals surface area contributed by atoms with Crippen molar-refractivity contribution in [1.82, 2.24) is 10.2 Å². The van der Waals surface area contributed by atoms with E-state index in [0.717, 1.165) is 32.5 Å². The van der Waals surface area contributed by atoms with Crippen molar-refractivity contribution in [2.24, 2.45) is 5.92 Å². The quantitative estimate of drug-likeness (QED) is 0.634. The number of nitrogens with zero attached hydrogens (tertiary/aromatic N) is 1. The molecule has 0 radical (unpaired) electrons. The first-order valence-corrected chi connectivity index (χ1v) is 10.6. The van der Waals surface area contributed by atoms with Gasteiger partial charge in [-0.05, 0) is 72.4 Å². The molecule has 3 N–H and O–H groups in total. The fourth-order valence-corrected chi connectivity index (χ4v) is 4.03. The van der Waals surface area contributed by atoms with Gasteiger partial charge in [-0.1, -0.05) is 6.07 Å². The lowest BCUT2D eigenvalue weighted by Crippen LogP contribution is -2.41. The number of anilines is 2. The number of carbonyl (C=O) groups excluding carboxylic acids is 3. The van der Waals surface area contributed by atoms with E-state index >= 15 is 0 Å². The van der Waals surface area contributed by atoms with Gasteiger partial charge in [0.05, 0.1) is 0 Å². The van der Waals surface area contributed by atoms with Crippen molar-refractivity contribution in [3.63, 3.8) is 0 Å². The van der Waals surface area contributed by atoms with Crippen molar-refractivity contribution in [3.8, 4) is 0 Å². The van der Waals surface area contributed by atoms with Crippen LogP contribution in [0.1, 0.15) is 25.3 Å². The Morgan fingerprint density at radius 1 is 1.07 bits per heavy atom. The van der Waals surface area contributed by atoms with Gasteiger partial charge in [-0.25, -0.2) is 0 Å². The molecule has 3 amide bonds. The lowest BCUT2D eigenvalue weighted by Gasteiger charge is -2.31. The number of rotatable bonds is 6. The standard InChI is InChI=1S/C21H26N4O3S/c1-15(26)23-18-3-2-4-19(11-18)24-21(28)20(27)22-12-16-5-8-25(9-6-16)13-17-7-10-29-14-17/h2-4,7,10-11,14,16H,5-6,8-9,12-13H2,1H3,(H,22,27)(H,23,26)(H,24,28). The van der Waals surface area contributed by atoms with E-state index in [9.17, 15) is 14.4 Å². The summed E-state index contributed by atoms with van der Waals surface area (Å²) < 4.78 is 0. The van der Waals surface area contributed by atoms with Gasteiger partial charge in [0, 0.05) is 31.4 Å². The fourth-order valence-electron chi connectivity index (χ4n) is 3.37. The minimum Gasteiger partial charge on any atom is -0.348 e. The first-order chi connectivity index (χ1) is 14.0. The molecule has 1 saturated heterocycles. The van der Waals surface area contributed by atoms with Crippen LogP contribution in [-0.2, 0) is 20.9 Å². The maximum absolute atomic E-state index is 12.1. The van der Waals surface area contributed by atoms with E-state index in [4.69, 9.17) is 0 Å². The molecule has 0 bridgehead atoms. The molecule has 3 rings (SSSR count). The van der Waals surface area contributed by atoms with Crippen LogP contribution in [0.25, 0.3) is 0 Å². The molecule has 0 unspecified atom stereocenters. The Labute approximate surface area is 174 Å². The molecule has 154 valence electrons. The van der Waals surface area contributed by atoms with Crippen LogP contribution in [0.3, 0.4) is 0 Å². The van der Waals surface area contributed by atoms with Crippen molar-refractivity contribution >= 4 is 40.4 Å². The van der Waals surface area contributed by atoms with Gasteiger partial charge in [-0.15, -0.1) is 0 Å². The second-order valence-electron chi connectivity index (χ2n) is 7.28. The largest absolute Gasteiger partial charge is 0.348 e. The summed E-state index contributed by atoms with van der Waals surface area (Å²) >= 11 is 1.72. The van der Waals surface area contributed by atoms with Gasteiger partial charge in [0.1, 0.15) is 0 Å². The zero-order valence-electron chi connectivity index (χ0n) is 16.4. The van der Waals surface area contributed by atoms with Crippen LogP contribution < -0.4 is 16.0 Å². The second-order valence-corrected chi connectivity index (χ2v) is 8.06. The summed E-state index contributed by atoms with van der Waals surface area (Å²) in [5, 5.41) is 12.2. The molecular formula is C21H26N4O3S. The van der Waals surface area contributed by atoms with Crippen LogP contribution in [0.2, 0.25) is 0 Å². The minimum atomic E-state index is -0.708. The van der Waals surface area contributed by atoms with E-state index in [0.29, 0.717) is 23.8 Å². The molecule has 7 nitrogen and oxygen atoms in total. The molecule has 1 fully saturated rings. The number of hydrogen-bond acceptors (Lipinski definition) is 5. The van der Waals surface area contributed by atoms with Crippen LogP contribution >= 0.6 is 11.3 Å². The number of nitrogens with one attached hydrogen (secondary N) is 3. The topological polar surface area (TPSA) is 90.5 Å². The summed E-state index contributed by atoms with van der Waals surface area (Å²) in [7, 11) is 0. The monoisotopic (exact) mass is 414 g/mol. The molecule has 29 heavy (non-hydrogen) atoms. The Balaban J connectivity index is 1.39. The highest BCUT2D eigenvalue weighted by molar-refractivity contribution is 7.07. The first-order valence-electron chi connectivity index (χ1n) is 9.70. The Kier molecular flexibility index (Phi) is 7.37. The van der Waals surface area contributed by atoms with Crippen molar-refractivity contribution in [3.05, 3.63) is 46.7 Å². The van der Waals surface area contributed by atoms with Crippen molar-refractivity contribution in [1.29, 1.82) is 0 Å². The highest BCUT2D eigenvalue weighted by Crippen LogP contribution is 2.19. The van der Waals surface area contributed by atoms with Crippen LogP contribution in [0, 0.1) is 5.92 Å². The Bertz CT molecular complexity index is 845. The van der Waals surface area contributed by atoms with Gasteiger partial charge in [0.15, 0.2) is 0 Å². The second kappa shape index (κ2) is 10.2. The zero-order chi connectivity index (χ0) is 20.6. The van der Waals surface area contributed by atoms with Gasteiger partial charge >= 0.3 is 11.8 Å². The molecule has 1 aromatic carbocycles. The van der Waals surface area contributed by atoms with E-state index < -0.39 is 11.8 Å². The van der Waals surface area contributed by atoms with Crippen LogP contribution in [0.4, 0.5) is 11.4 Å². The highest BCUT2D eigenvalue weighted by Gasteiger charge is 2.21. The van der Waals surface area contributed by atoms with Crippen molar-refractivity contribution < 1.29 is 14.4 Å². The van der Waals surface area contributed by atoms with Crippen LogP contribution in [-0.4, -0.2) is 42.3 Å². The molecule has 2 aromatic rings. The molecule has 8 heteroatoms. The predicted molar refractivity (Wildman–Crippen MR) is 115 cm³/mol. The van der Waals surface area contributed by atoms with Gasteiger partial charge < -0.3 is 16.0 Å². The van der Waals surface area contributed by atoms with Gasteiger partial charge in [0.2, 0.25) is 5.91 Å². The van der Waals surface area contributed by atoms with Crippen molar-refractivity contribution in [2.75, 3.05) is 30.3 Å². The molecule has 0 aliphatic carbocycles. The average molecular weight is 415 g/mol. The summed E-state index contributed by atoms with van der Waals surface area (Å²) in [6, 6.07) is 8.83. The van der Waals surface area contributed by atoms with Crippen molar-refractivity contribution in [2.45, 2.75) is 26.3 Å². The Morgan fingerprint density at radius 3 is 2.45 bits per heavy atom. The lowest BCUT2D eigenvalue weighted by molar-refractivity contribution is -0.136. The minimum absolute atomic E-state index is 0.201. The smallest absolute Gasteiger partial charge is 0.313 e. The van der Waals surface area contributed by atoms with Crippen LogP contribution in [0.15, 0.2) is 41.1 Å². The summed E-state index contributed by atoms with van der Waals surface area (Å²) in [4.78, 5) is 37.8. The highest BCUT2D eigenvalue weighted by atomic mass is 32.1. The van der Waals surface area contributed by atoms with Gasteiger partial charge in [-0.2, -0.15) is 11.3 Å². The summed E-state index contributed by atoms with van der Waals surface area (Å²) in [5.41, 5.74) is 2.36. The number of piperidine rings is 1. The molecular weight excluding hydrogens is 388 g/mol. The van der Waals surface area contributed by atoms with Gasteiger partial charge in [-0.3, -0.25) is 19.3 Å². The molecule has 0 saturated carbocycles. The average Bonchev–Trinajstić information content (AvgIpc) is 3.20. The lowest BCUT2D eigenvalue weighted by atomic mass is 9.96. The predicted octanol–water partition coefficient (Wildman–Crippen LogP) is 2.67. The van der Waals surface area contributed by atoms with E-state index in [1.807, 2.05) is 0 Å². The summed E-state index contributed by atoms with van der Waals surface area (Å²) in [5.74, 6) is -1.17. The summed E-state index contributed by atoms with van der Waals surface area (Å²) in [6.07, 6.45) is 2.01. The number of carbonyl (C=O) groups is 3. The normalized spacial score (nSPS) is 14.9. The maximum atomic E-state index is 12.1. The van der Waals surface area contributed by atoms with E-state index in [1.165, 1.54) is 12.5 Å². The third kappa shape index (κ3) is 6.69. The number of amides is 3. The Morgan fingerprint density at radius 2 is 1.79 bits per heavy atom. The first kappa shape index (κ1) is 21.0. The van der Waals surface area contributed by atoms with E-state index in [2.05, 4.69) is 37.7 Å². The number of benzene rings is 1. The van der Waals surface area contributed by atoms with Crippen LogP contribution in [0.5, 0.6) is 0 Å². The maximum Gasteiger partial charge on any atom is 0.313 e.